The third-order valence-corrected chi connectivity index (χ3v) is 14.7. The maximum absolute atomic E-state index is 14.2. The van der Waals surface area contributed by atoms with Crippen LogP contribution in [0.3, 0.4) is 0 Å². The summed E-state index contributed by atoms with van der Waals surface area (Å²) in [6, 6.07) is 27.4. The first-order chi connectivity index (χ1) is 25.6. The van der Waals surface area contributed by atoms with E-state index in [4.69, 9.17) is 14.2 Å². The minimum atomic E-state index is -1.19. The zero-order valence-electron chi connectivity index (χ0n) is 29.8. The van der Waals surface area contributed by atoms with E-state index >= 15 is 0 Å². The SMILES string of the molecule is C=C(C)C(=O)OC1(C2CCSC2)c2ccccc2C(=O)c2ccc(-c3ccc4c(c3)C(OC(=O)C(=C)C)(C3CC5CCC3S5)c3ccccc3O4)cc21. The van der Waals surface area contributed by atoms with E-state index in [1.807, 2.05) is 102 Å². The van der Waals surface area contributed by atoms with Crippen molar-refractivity contribution in [3.05, 3.63) is 143 Å². The molecule has 8 heteroatoms. The predicted octanol–water partition coefficient (Wildman–Crippen LogP) is 9.77. The minimum absolute atomic E-state index is 0.0281. The highest BCUT2D eigenvalue weighted by Gasteiger charge is 2.59. The van der Waals surface area contributed by atoms with Crippen molar-refractivity contribution < 1.29 is 28.6 Å². The summed E-state index contributed by atoms with van der Waals surface area (Å²) >= 11 is 3.84. The number of ether oxygens (including phenoxy) is 3. The second-order valence-electron chi connectivity index (χ2n) is 15.0. The fraction of sp³-hybridized carbons (Fsp3) is 0.311. The lowest BCUT2D eigenvalue weighted by Crippen LogP contribution is -2.46. The molecule has 6 unspecified atom stereocenters. The van der Waals surface area contributed by atoms with Gasteiger partial charge in [-0.2, -0.15) is 23.5 Å². The Balaban J connectivity index is 1.26. The summed E-state index contributed by atoms with van der Waals surface area (Å²) in [6.07, 6.45) is 3.98. The smallest absolute Gasteiger partial charge is 0.334 e. The van der Waals surface area contributed by atoms with E-state index in [0.29, 0.717) is 55.4 Å². The topological polar surface area (TPSA) is 78.9 Å². The van der Waals surface area contributed by atoms with Gasteiger partial charge >= 0.3 is 11.9 Å². The number of benzene rings is 4. The molecule has 268 valence electrons. The summed E-state index contributed by atoms with van der Waals surface area (Å²) in [5, 5.41) is 0.834. The molecular formula is C45H40O6S2. The molecule has 0 spiro atoms. The molecule has 4 aliphatic heterocycles. The van der Waals surface area contributed by atoms with Crippen molar-refractivity contribution in [2.45, 2.75) is 61.2 Å². The molecule has 2 bridgehead atoms. The Morgan fingerprint density at radius 3 is 2.06 bits per heavy atom. The average Bonchev–Trinajstić information content (AvgIpc) is 3.97. The molecule has 0 N–H and O–H groups in total. The Hall–Kier alpha value is -4.53. The number of hydrogen-bond donors (Lipinski definition) is 0. The van der Waals surface area contributed by atoms with Gasteiger partial charge in [-0.05, 0) is 86.7 Å². The van der Waals surface area contributed by atoms with Crippen LogP contribution in [0.15, 0.2) is 109 Å². The molecule has 6 nitrogen and oxygen atoms in total. The van der Waals surface area contributed by atoms with Gasteiger partial charge in [-0.25, -0.2) is 9.59 Å². The molecule has 0 radical (unpaired) electrons. The quantitative estimate of drug-likeness (QED) is 0.137. The maximum atomic E-state index is 14.2. The van der Waals surface area contributed by atoms with Crippen molar-refractivity contribution in [2.24, 2.45) is 11.8 Å². The molecule has 4 aromatic carbocycles. The first-order valence-electron chi connectivity index (χ1n) is 18.3. The monoisotopic (exact) mass is 740 g/mol. The Morgan fingerprint density at radius 2 is 1.38 bits per heavy atom. The molecule has 0 saturated carbocycles. The van der Waals surface area contributed by atoms with Gasteiger partial charge in [0.1, 0.15) is 11.5 Å². The number of carbonyl (C=O) groups is 3. The van der Waals surface area contributed by atoms with Gasteiger partial charge < -0.3 is 14.2 Å². The molecule has 53 heavy (non-hydrogen) atoms. The zero-order valence-corrected chi connectivity index (χ0v) is 31.4. The number of hydrogen-bond acceptors (Lipinski definition) is 8. The van der Waals surface area contributed by atoms with E-state index in [0.717, 1.165) is 59.4 Å². The molecular weight excluding hydrogens is 701 g/mol. The zero-order chi connectivity index (χ0) is 36.6. The third-order valence-electron chi connectivity index (χ3n) is 11.8. The molecule has 3 saturated heterocycles. The van der Waals surface area contributed by atoms with Crippen LogP contribution in [-0.4, -0.2) is 39.7 Å². The number of esters is 2. The van der Waals surface area contributed by atoms with E-state index in [-0.39, 0.29) is 17.6 Å². The summed E-state index contributed by atoms with van der Waals surface area (Å²) in [4.78, 5) is 41.5. The number of fused-ring (bicyclic) bond motifs is 6. The van der Waals surface area contributed by atoms with Crippen LogP contribution < -0.4 is 4.74 Å². The lowest BCUT2D eigenvalue weighted by atomic mass is 9.66. The molecule has 1 aliphatic carbocycles. The first-order valence-corrected chi connectivity index (χ1v) is 20.4. The molecule has 6 atom stereocenters. The third kappa shape index (κ3) is 5.19. The van der Waals surface area contributed by atoms with Crippen LogP contribution >= 0.6 is 23.5 Å². The van der Waals surface area contributed by atoms with Gasteiger partial charge in [-0.3, -0.25) is 4.79 Å². The minimum Gasteiger partial charge on any atom is -0.456 e. The summed E-state index contributed by atoms with van der Waals surface area (Å²) in [5.41, 5.74) is 4.19. The van der Waals surface area contributed by atoms with Crippen LogP contribution in [0.5, 0.6) is 11.5 Å². The van der Waals surface area contributed by atoms with Crippen molar-refractivity contribution in [1.29, 1.82) is 0 Å². The molecule has 5 aliphatic rings. The largest absolute Gasteiger partial charge is 0.456 e. The van der Waals surface area contributed by atoms with Gasteiger partial charge in [0.2, 0.25) is 0 Å². The van der Waals surface area contributed by atoms with E-state index in [2.05, 4.69) is 19.2 Å². The van der Waals surface area contributed by atoms with Crippen molar-refractivity contribution in [3.63, 3.8) is 0 Å². The lowest BCUT2D eigenvalue weighted by molar-refractivity contribution is -0.159. The molecule has 4 aromatic rings. The standard InChI is InChI=1S/C45H40O6S2/c1-25(2)42(47)50-44(29-19-20-52-24-29)33-10-6-5-9-31(33)41(46)32-16-13-27(21-35(32)44)28-14-17-39-36(22-28)45(51-43(48)26(3)4,34-11-7-8-12-38(34)49-39)37-23-30-15-18-40(37)53-30/h5-14,16-17,21-22,29-30,37,40H,1,3,15,18-20,23-24H2,2,4H3. The molecule has 4 heterocycles. The Morgan fingerprint density at radius 1 is 0.736 bits per heavy atom. The normalized spacial score (nSPS) is 27.5. The van der Waals surface area contributed by atoms with Gasteiger partial charge in [0.15, 0.2) is 17.0 Å². The van der Waals surface area contributed by atoms with E-state index < -0.39 is 23.1 Å². The number of ketones is 1. The molecule has 9 rings (SSSR count). The second kappa shape index (κ2) is 12.8. The van der Waals surface area contributed by atoms with Gasteiger partial charge in [0, 0.05) is 72.6 Å². The van der Waals surface area contributed by atoms with E-state index in [1.54, 1.807) is 13.8 Å². The Kier molecular flexibility index (Phi) is 8.28. The van der Waals surface area contributed by atoms with Gasteiger partial charge in [0.05, 0.1) is 0 Å². The average molecular weight is 741 g/mol. The van der Waals surface area contributed by atoms with Crippen molar-refractivity contribution in [3.8, 4) is 22.6 Å². The van der Waals surface area contributed by atoms with E-state index in [1.165, 1.54) is 0 Å². The summed E-state index contributed by atoms with van der Waals surface area (Å²) in [7, 11) is 0. The van der Waals surface area contributed by atoms with Crippen LogP contribution in [0.2, 0.25) is 0 Å². The molecule has 0 amide bonds. The fourth-order valence-electron chi connectivity index (χ4n) is 9.34. The summed E-state index contributed by atoms with van der Waals surface area (Å²) in [5.74, 6) is 1.99. The number of thioether (sulfide) groups is 2. The highest BCUT2D eigenvalue weighted by Crippen LogP contribution is 2.63. The molecule has 3 fully saturated rings. The van der Waals surface area contributed by atoms with Gasteiger partial charge in [0.25, 0.3) is 0 Å². The summed E-state index contributed by atoms with van der Waals surface area (Å²) < 4.78 is 20.0. The summed E-state index contributed by atoms with van der Waals surface area (Å²) in [6.45, 7) is 11.2. The first kappa shape index (κ1) is 34.3. The van der Waals surface area contributed by atoms with Crippen LogP contribution in [0.25, 0.3) is 11.1 Å². The van der Waals surface area contributed by atoms with Gasteiger partial charge in [-0.1, -0.05) is 67.8 Å². The van der Waals surface area contributed by atoms with Gasteiger partial charge in [-0.15, -0.1) is 0 Å². The number of para-hydroxylation sites is 1. The van der Waals surface area contributed by atoms with Crippen molar-refractivity contribution in [2.75, 3.05) is 11.5 Å². The van der Waals surface area contributed by atoms with Crippen molar-refractivity contribution >= 4 is 41.2 Å². The predicted molar refractivity (Wildman–Crippen MR) is 210 cm³/mol. The number of rotatable bonds is 7. The molecule has 0 aromatic heterocycles. The lowest BCUT2D eigenvalue weighted by Gasteiger charge is -2.46. The Bertz CT molecular complexity index is 2250. The number of carbonyl (C=O) groups excluding carboxylic acids is 3. The highest BCUT2D eigenvalue weighted by molar-refractivity contribution is 8.01. The van der Waals surface area contributed by atoms with Crippen molar-refractivity contribution in [1.82, 2.24) is 0 Å². The van der Waals surface area contributed by atoms with Crippen LogP contribution in [0, 0.1) is 11.8 Å². The Labute approximate surface area is 318 Å². The van der Waals surface area contributed by atoms with Crippen LogP contribution in [-0.2, 0) is 30.3 Å². The fourth-order valence-corrected chi connectivity index (χ4v) is 12.5. The second-order valence-corrected chi connectivity index (χ2v) is 17.7. The van der Waals surface area contributed by atoms with Crippen LogP contribution in [0.4, 0.5) is 0 Å². The maximum Gasteiger partial charge on any atom is 0.334 e. The highest BCUT2D eigenvalue weighted by atomic mass is 32.2. The van der Waals surface area contributed by atoms with E-state index in [9.17, 15) is 14.4 Å². The van der Waals surface area contributed by atoms with Crippen LogP contribution in [0.1, 0.15) is 77.7 Å².